The number of piperidine rings is 1. The molecule has 2 aliphatic rings. The van der Waals surface area contributed by atoms with Crippen molar-refractivity contribution in [3.8, 4) is 11.5 Å². The fraction of sp³-hybridized carbons (Fsp3) is 0.700. The molecule has 2 fully saturated rings. The first-order valence-corrected chi connectivity index (χ1v) is 9.70. The van der Waals surface area contributed by atoms with Gasteiger partial charge in [-0.3, -0.25) is 0 Å². The zero-order valence-corrected chi connectivity index (χ0v) is 15.4. The molecule has 1 aromatic carbocycles. The maximum atomic E-state index is 5.60. The summed E-state index contributed by atoms with van der Waals surface area (Å²) in [6.07, 6.45) is 8.51. The zero-order chi connectivity index (χ0) is 16.8. The summed E-state index contributed by atoms with van der Waals surface area (Å²) in [4.78, 5) is 3.58. The van der Waals surface area contributed by atoms with Gasteiger partial charge < -0.3 is 19.3 Å². The molecule has 0 bridgehead atoms. The fourth-order valence-electron chi connectivity index (χ4n) is 4.56. The Morgan fingerprint density at radius 1 is 0.917 bits per heavy atom. The molecule has 2 N–H and O–H groups in total. The van der Waals surface area contributed by atoms with E-state index < -0.39 is 0 Å². The standard InChI is InChI=1S/C20H32N2O2/c1-23-19-9-7-8-17(20(19)24-2)16-21-14-10-18(11-15-21)22-12-5-3-4-6-13-22/h7-9,18H,3-6,10-16H2,1-2H3/p+2. The van der Waals surface area contributed by atoms with E-state index in [-0.39, 0.29) is 0 Å². The van der Waals surface area contributed by atoms with Crippen molar-refractivity contribution in [2.45, 2.75) is 51.1 Å². The van der Waals surface area contributed by atoms with Gasteiger partial charge in [0, 0.05) is 12.8 Å². The maximum absolute atomic E-state index is 5.60. The van der Waals surface area contributed by atoms with E-state index in [1.165, 1.54) is 70.3 Å². The number of hydrogen-bond acceptors (Lipinski definition) is 2. The van der Waals surface area contributed by atoms with Crippen LogP contribution in [-0.2, 0) is 6.54 Å². The Labute approximate surface area is 146 Å². The van der Waals surface area contributed by atoms with Crippen molar-refractivity contribution < 1.29 is 19.3 Å². The number of ether oxygens (including phenoxy) is 2. The number of rotatable bonds is 5. The quantitative estimate of drug-likeness (QED) is 0.830. The van der Waals surface area contributed by atoms with E-state index in [1.807, 2.05) is 11.0 Å². The summed E-state index contributed by atoms with van der Waals surface area (Å²) in [5.74, 6) is 1.76. The Morgan fingerprint density at radius 2 is 1.62 bits per heavy atom. The second-order valence-corrected chi connectivity index (χ2v) is 7.43. The average Bonchev–Trinajstić information content (AvgIpc) is 2.91. The highest BCUT2D eigenvalue weighted by atomic mass is 16.5. The first kappa shape index (κ1) is 17.6. The van der Waals surface area contributed by atoms with E-state index in [1.54, 1.807) is 19.1 Å². The van der Waals surface area contributed by atoms with Gasteiger partial charge in [-0.05, 0) is 37.8 Å². The van der Waals surface area contributed by atoms with Gasteiger partial charge in [0.25, 0.3) is 0 Å². The summed E-state index contributed by atoms with van der Waals surface area (Å²) in [5.41, 5.74) is 1.27. The average molecular weight is 335 g/mol. The number of methoxy groups -OCH3 is 2. The molecule has 4 nitrogen and oxygen atoms in total. The molecule has 0 atom stereocenters. The number of para-hydroxylation sites is 1. The summed E-state index contributed by atoms with van der Waals surface area (Å²) in [5, 5.41) is 0. The molecule has 1 aromatic rings. The topological polar surface area (TPSA) is 27.3 Å². The Morgan fingerprint density at radius 3 is 2.25 bits per heavy atom. The van der Waals surface area contributed by atoms with Gasteiger partial charge in [0.15, 0.2) is 11.5 Å². The van der Waals surface area contributed by atoms with Gasteiger partial charge >= 0.3 is 0 Å². The lowest BCUT2D eigenvalue weighted by molar-refractivity contribution is -0.963. The Kier molecular flexibility index (Phi) is 6.38. The van der Waals surface area contributed by atoms with Crippen molar-refractivity contribution >= 4 is 0 Å². The number of quaternary nitrogens is 2. The highest BCUT2D eigenvalue weighted by Crippen LogP contribution is 2.30. The highest BCUT2D eigenvalue weighted by molar-refractivity contribution is 5.46. The van der Waals surface area contributed by atoms with Crippen LogP contribution in [0.15, 0.2) is 18.2 Å². The molecule has 0 unspecified atom stereocenters. The molecule has 24 heavy (non-hydrogen) atoms. The molecule has 4 heteroatoms. The Balaban J connectivity index is 1.55. The summed E-state index contributed by atoms with van der Waals surface area (Å²) >= 11 is 0. The molecule has 2 aliphatic heterocycles. The first-order valence-electron chi connectivity index (χ1n) is 9.70. The summed E-state index contributed by atoms with van der Waals surface area (Å²) in [6, 6.07) is 7.14. The molecular weight excluding hydrogens is 300 g/mol. The van der Waals surface area contributed by atoms with Crippen molar-refractivity contribution in [3.05, 3.63) is 23.8 Å². The molecule has 0 aliphatic carbocycles. The number of likely N-dealkylation sites (tertiary alicyclic amines) is 2. The van der Waals surface area contributed by atoms with Gasteiger partial charge in [-0.25, -0.2) is 0 Å². The second kappa shape index (κ2) is 8.72. The van der Waals surface area contributed by atoms with E-state index in [4.69, 9.17) is 9.47 Å². The minimum Gasteiger partial charge on any atom is -0.493 e. The lowest BCUT2D eigenvalue weighted by atomic mass is 10.0. The summed E-state index contributed by atoms with van der Waals surface area (Å²) in [7, 11) is 3.45. The van der Waals surface area contributed by atoms with Crippen molar-refractivity contribution in [1.82, 2.24) is 0 Å². The lowest BCUT2D eigenvalue weighted by Crippen LogP contribution is -3.20. The Hall–Kier alpha value is -1.26. The molecule has 134 valence electrons. The van der Waals surface area contributed by atoms with Crippen LogP contribution in [0.4, 0.5) is 0 Å². The lowest BCUT2D eigenvalue weighted by Gasteiger charge is -2.34. The minimum absolute atomic E-state index is 0.846. The van der Waals surface area contributed by atoms with Crippen molar-refractivity contribution in [1.29, 1.82) is 0 Å². The van der Waals surface area contributed by atoms with Crippen LogP contribution in [0.5, 0.6) is 11.5 Å². The second-order valence-electron chi connectivity index (χ2n) is 7.43. The third-order valence-electron chi connectivity index (χ3n) is 5.94. The van der Waals surface area contributed by atoms with E-state index in [2.05, 4.69) is 12.1 Å². The summed E-state index contributed by atoms with van der Waals surface area (Å²) in [6.45, 7) is 6.43. The summed E-state index contributed by atoms with van der Waals surface area (Å²) < 4.78 is 11.0. The maximum Gasteiger partial charge on any atom is 0.169 e. The molecule has 3 rings (SSSR count). The molecule has 0 amide bonds. The van der Waals surface area contributed by atoms with Crippen LogP contribution >= 0.6 is 0 Å². The third-order valence-corrected chi connectivity index (χ3v) is 5.94. The van der Waals surface area contributed by atoms with Gasteiger partial charge in [-0.2, -0.15) is 0 Å². The number of nitrogens with one attached hydrogen (secondary N) is 2. The highest BCUT2D eigenvalue weighted by Gasteiger charge is 2.30. The monoisotopic (exact) mass is 334 g/mol. The molecule has 0 spiro atoms. The molecule has 2 heterocycles. The zero-order valence-electron chi connectivity index (χ0n) is 15.4. The molecule has 0 radical (unpaired) electrons. The van der Waals surface area contributed by atoms with Crippen LogP contribution in [0.1, 0.15) is 44.1 Å². The van der Waals surface area contributed by atoms with Crippen molar-refractivity contribution in [2.24, 2.45) is 0 Å². The SMILES string of the molecule is COc1cccc(C[NH+]2CCC([NH+]3CCCCCC3)CC2)c1OC. The minimum atomic E-state index is 0.846. The molecular formula is C20H34N2O2+2. The predicted octanol–water partition coefficient (Wildman–Crippen LogP) is 0.710. The molecule has 0 aromatic heterocycles. The van der Waals surface area contributed by atoms with E-state index in [0.717, 1.165) is 24.1 Å². The van der Waals surface area contributed by atoms with Gasteiger partial charge in [0.2, 0.25) is 0 Å². The van der Waals surface area contributed by atoms with Crippen LogP contribution in [0.2, 0.25) is 0 Å². The van der Waals surface area contributed by atoms with Crippen molar-refractivity contribution in [2.75, 3.05) is 40.4 Å². The van der Waals surface area contributed by atoms with Crippen LogP contribution in [0, 0.1) is 0 Å². The van der Waals surface area contributed by atoms with Crippen LogP contribution in [-0.4, -0.2) is 46.4 Å². The van der Waals surface area contributed by atoms with Crippen molar-refractivity contribution in [3.63, 3.8) is 0 Å². The normalized spacial score (nSPS) is 25.9. The molecule has 2 saturated heterocycles. The van der Waals surface area contributed by atoms with Crippen LogP contribution in [0.3, 0.4) is 0 Å². The fourth-order valence-corrected chi connectivity index (χ4v) is 4.56. The van der Waals surface area contributed by atoms with Gasteiger partial charge in [0.1, 0.15) is 6.54 Å². The predicted molar refractivity (Wildman–Crippen MR) is 96.1 cm³/mol. The van der Waals surface area contributed by atoms with Crippen LogP contribution < -0.4 is 19.3 Å². The van der Waals surface area contributed by atoms with Gasteiger partial charge in [-0.1, -0.05) is 6.07 Å². The molecule has 0 saturated carbocycles. The van der Waals surface area contributed by atoms with Gasteiger partial charge in [0.05, 0.1) is 52.0 Å². The smallest absolute Gasteiger partial charge is 0.169 e. The largest absolute Gasteiger partial charge is 0.493 e. The van der Waals surface area contributed by atoms with E-state index >= 15 is 0 Å². The number of benzene rings is 1. The van der Waals surface area contributed by atoms with Crippen LogP contribution in [0.25, 0.3) is 0 Å². The third kappa shape index (κ3) is 4.22. The van der Waals surface area contributed by atoms with E-state index in [9.17, 15) is 0 Å². The first-order chi connectivity index (χ1) is 11.8. The Bertz CT molecular complexity index is 504. The van der Waals surface area contributed by atoms with Gasteiger partial charge in [-0.15, -0.1) is 0 Å². The number of hydrogen-bond donors (Lipinski definition) is 2. The van der Waals surface area contributed by atoms with E-state index in [0.29, 0.717) is 0 Å².